The van der Waals surface area contributed by atoms with Gasteiger partial charge in [0.15, 0.2) is 17.1 Å². The van der Waals surface area contributed by atoms with Crippen molar-refractivity contribution in [2.24, 2.45) is 5.14 Å². The third-order valence-electron chi connectivity index (χ3n) is 7.73. The van der Waals surface area contributed by atoms with Crippen molar-refractivity contribution in [2.45, 2.75) is 42.0 Å². The minimum atomic E-state index is -4.86. The first-order valence-corrected chi connectivity index (χ1v) is 16.0. The second-order valence-corrected chi connectivity index (χ2v) is 13.4. The molecule has 0 radical (unpaired) electrons. The topological polar surface area (TPSA) is 112 Å². The summed E-state index contributed by atoms with van der Waals surface area (Å²) in [5, 5.41) is 16.5. The first kappa shape index (κ1) is 30.1. The molecule has 2 aromatic heterocycles. The van der Waals surface area contributed by atoms with Crippen LogP contribution in [-0.2, 0) is 15.6 Å². The largest absolute Gasteiger partial charge is 0.490 e. The minimum Gasteiger partial charge on any atom is -0.490 e. The average Bonchev–Trinajstić information content (AvgIpc) is 3.30. The minimum absolute atomic E-state index is 0.0793. The molecule has 0 bridgehead atoms. The van der Waals surface area contributed by atoms with Crippen molar-refractivity contribution >= 4 is 31.4 Å². The maximum Gasteiger partial charge on any atom is 0.421 e. The van der Waals surface area contributed by atoms with Crippen molar-refractivity contribution in [3.8, 4) is 22.8 Å². The van der Waals surface area contributed by atoms with Crippen molar-refractivity contribution in [1.29, 1.82) is 0 Å². The Bertz CT molecular complexity index is 1940. The Morgan fingerprint density at radius 1 is 1.00 bits per heavy atom. The fraction of sp³-hybridized carbons (Fsp3) is 0.219. The van der Waals surface area contributed by atoms with E-state index in [2.05, 4.69) is 4.98 Å². The number of nitrogens with two attached hydrogens (primary N) is 1. The lowest BCUT2D eigenvalue weighted by molar-refractivity contribution is -0.258. The van der Waals surface area contributed by atoms with E-state index in [9.17, 15) is 26.7 Å². The maximum absolute atomic E-state index is 13.6. The number of aromatic nitrogens is 1. The van der Waals surface area contributed by atoms with E-state index in [1.807, 2.05) is 48.5 Å². The van der Waals surface area contributed by atoms with Gasteiger partial charge in [-0.05, 0) is 53.8 Å². The van der Waals surface area contributed by atoms with E-state index in [1.165, 1.54) is 41.8 Å². The molecule has 0 saturated heterocycles. The quantitative estimate of drug-likeness (QED) is 0.213. The first-order chi connectivity index (χ1) is 20.8. The molecule has 3 heterocycles. The van der Waals surface area contributed by atoms with E-state index in [1.54, 1.807) is 6.07 Å². The summed E-state index contributed by atoms with van der Waals surface area (Å²) in [7, 11) is -3.93. The fourth-order valence-electron chi connectivity index (χ4n) is 5.32. The molecular formula is C32H27F3N2O5S2. The van der Waals surface area contributed by atoms with E-state index in [0.29, 0.717) is 23.4 Å². The summed E-state index contributed by atoms with van der Waals surface area (Å²) in [5.41, 5.74) is -1.42. The normalized spacial score (nSPS) is 17.5. The van der Waals surface area contributed by atoms with Gasteiger partial charge in [0.05, 0.1) is 23.1 Å². The SMILES string of the molecule is C[C@](O)(c1ccnc(-c2cccc3cc([C@H](c4ccccc4)C4CCOc5cc(S(N)(=O)=O)ccc5O4)sc23)c1)C(F)(F)F. The molecule has 0 saturated carbocycles. The zero-order chi connectivity index (χ0) is 31.3. The number of hydrogen-bond acceptors (Lipinski definition) is 7. The number of alkyl halides is 3. The zero-order valence-corrected chi connectivity index (χ0v) is 24.9. The van der Waals surface area contributed by atoms with E-state index in [0.717, 1.165) is 33.5 Å². The number of nitrogens with zero attached hydrogens (tertiary/aromatic N) is 1. The molecule has 228 valence electrons. The monoisotopic (exact) mass is 640 g/mol. The Morgan fingerprint density at radius 3 is 2.50 bits per heavy atom. The number of halogens is 3. The third-order valence-corrected chi connectivity index (χ3v) is 9.91. The predicted molar refractivity (Wildman–Crippen MR) is 161 cm³/mol. The van der Waals surface area contributed by atoms with E-state index in [-0.39, 0.29) is 28.7 Å². The summed E-state index contributed by atoms with van der Waals surface area (Å²) in [6.45, 7) is 0.992. The molecule has 3 N–H and O–H groups in total. The van der Waals surface area contributed by atoms with Gasteiger partial charge in [-0.15, -0.1) is 11.3 Å². The second-order valence-electron chi connectivity index (χ2n) is 10.7. The lowest BCUT2D eigenvalue weighted by Gasteiger charge is -2.26. The highest BCUT2D eigenvalue weighted by molar-refractivity contribution is 7.89. The summed E-state index contributed by atoms with van der Waals surface area (Å²) in [6, 6.07) is 24.1. The van der Waals surface area contributed by atoms with Gasteiger partial charge in [-0.1, -0.05) is 48.5 Å². The Hall–Kier alpha value is -3.97. The maximum atomic E-state index is 13.6. The highest BCUT2D eigenvalue weighted by atomic mass is 32.2. The molecule has 0 fully saturated rings. The molecule has 3 atom stereocenters. The van der Waals surface area contributed by atoms with Gasteiger partial charge in [0.2, 0.25) is 10.0 Å². The second kappa shape index (κ2) is 11.2. The average molecular weight is 641 g/mol. The smallest absolute Gasteiger partial charge is 0.421 e. The Morgan fingerprint density at radius 2 is 1.77 bits per heavy atom. The number of rotatable bonds is 6. The van der Waals surface area contributed by atoms with Crippen LogP contribution < -0.4 is 14.6 Å². The highest BCUT2D eigenvalue weighted by Crippen LogP contribution is 2.45. The summed E-state index contributed by atoms with van der Waals surface area (Å²) < 4.78 is 77.8. The summed E-state index contributed by atoms with van der Waals surface area (Å²) in [6.07, 6.45) is -3.52. The Kier molecular flexibility index (Phi) is 7.65. The Balaban J connectivity index is 1.43. The summed E-state index contributed by atoms with van der Waals surface area (Å²) in [5.74, 6) is 0.407. The number of aliphatic hydroxyl groups is 1. The van der Waals surface area contributed by atoms with Crippen LogP contribution in [0.5, 0.6) is 11.5 Å². The fourth-order valence-corrected chi connectivity index (χ4v) is 7.21. The molecular weight excluding hydrogens is 613 g/mol. The van der Waals surface area contributed by atoms with Crippen molar-refractivity contribution in [1.82, 2.24) is 4.98 Å². The molecule has 44 heavy (non-hydrogen) atoms. The van der Waals surface area contributed by atoms with E-state index in [4.69, 9.17) is 14.6 Å². The number of benzene rings is 3. The number of thiophene rings is 1. The van der Waals surface area contributed by atoms with Gasteiger partial charge in [-0.25, -0.2) is 13.6 Å². The molecule has 1 aliphatic heterocycles. The van der Waals surface area contributed by atoms with Crippen LogP contribution in [0.3, 0.4) is 0 Å². The Labute approximate surface area is 255 Å². The molecule has 0 spiro atoms. The van der Waals surface area contributed by atoms with Gasteiger partial charge in [0.1, 0.15) is 6.10 Å². The molecule has 12 heteroatoms. The van der Waals surface area contributed by atoms with Crippen molar-refractivity contribution in [3.05, 3.63) is 107 Å². The lowest BCUT2D eigenvalue weighted by atomic mass is 9.89. The molecule has 0 aliphatic carbocycles. The van der Waals surface area contributed by atoms with E-state index >= 15 is 0 Å². The van der Waals surface area contributed by atoms with Crippen LogP contribution in [0.2, 0.25) is 0 Å². The first-order valence-electron chi connectivity index (χ1n) is 13.6. The van der Waals surface area contributed by atoms with Gasteiger partial charge in [-0.3, -0.25) is 4.98 Å². The van der Waals surface area contributed by atoms with Crippen LogP contribution in [0.1, 0.15) is 35.3 Å². The summed E-state index contributed by atoms with van der Waals surface area (Å²) in [4.78, 5) is 5.23. The molecule has 3 aromatic carbocycles. The van der Waals surface area contributed by atoms with Gasteiger partial charge in [-0.2, -0.15) is 13.2 Å². The number of primary sulfonamides is 1. The van der Waals surface area contributed by atoms with Crippen molar-refractivity contribution in [3.63, 3.8) is 0 Å². The third kappa shape index (κ3) is 5.65. The predicted octanol–water partition coefficient (Wildman–Crippen LogP) is 6.74. The summed E-state index contributed by atoms with van der Waals surface area (Å²) >= 11 is 1.49. The van der Waals surface area contributed by atoms with Gasteiger partial charge in [0, 0.05) is 33.8 Å². The van der Waals surface area contributed by atoms with Crippen LogP contribution >= 0.6 is 11.3 Å². The molecule has 6 rings (SSSR count). The van der Waals surface area contributed by atoms with Crippen LogP contribution in [0.25, 0.3) is 21.3 Å². The molecule has 5 aromatic rings. The van der Waals surface area contributed by atoms with Crippen LogP contribution in [0.15, 0.2) is 96.0 Å². The number of sulfonamides is 1. The highest BCUT2D eigenvalue weighted by Gasteiger charge is 2.51. The molecule has 1 aliphatic rings. The van der Waals surface area contributed by atoms with Crippen molar-refractivity contribution in [2.75, 3.05) is 6.61 Å². The van der Waals surface area contributed by atoms with Crippen LogP contribution in [0.4, 0.5) is 13.2 Å². The van der Waals surface area contributed by atoms with Crippen LogP contribution in [0, 0.1) is 0 Å². The lowest BCUT2D eigenvalue weighted by Crippen LogP contribution is -2.39. The van der Waals surface area contributed by atoms with Gasteiger partial charge >= 0.3 is 6.18 Å². The number of ether oxygens (including phenoxy) is 2. The number of hydrogen-bond donors (Lipinski definition) is 2. The number of fused-ring (bicyclic) bond motifs is 2. The standard InChI is InChI=1S/C32H27F3N2O5S2/c1-31(38,32(33,34)35)21-12-14-37-24(17-21)23-9-5-8-20-16-28(43-30(20)23)29(19-6-3-2-4-7-19)26-13-15-41-27-18-22(44(36,39)40)10-11-25(27)42-26/h2-12,14,16-18,26,29,38H,13,15H2,1H3,(H2,36,39,40)/t26?,29-,31+/m1/s1. The molecule has 7 nitrogen and oxygen atoms in total. The number of pyridine rings is 1. The van der Waals surface area contributed by atoms with Crippen molar-refractivity contribution < 1.29 is 36.2 Å². The zero-order valence-electron chi connectivity index (χ0n) is 23.3. The van der Waals surface area contributed by atoms with Gasteiger partial charge < -0.3 is 14.6 Å². The molecule has 0 amide bonds. The van der Waals surface area contributed by atoms with E-state index < -0.39 is 27.9 Å². The van der Waals surface area contributed by atoms with Crippen LogP contribution in [-0.4, -0.2) is 37.4 Å². The van der Waals surface area contributed by atoms with Gasteiger partial charge in [0.25, 0.3) is 0 Å². The molecule has 1 unspecified atom stereocenters.